The van der Waals surface area contributed by atoms with Crippen molar-refractivity contribution in [3.63, 3.8) is 0 Å². The van der Waals surface area contributed by atoms with Crippen LogP contribution in [-0.4, -0.2) is 58.6 Å². The summed E-state index contributed by atoms with van der Waals surface area (Å²) < 4.78 is 5.32. The van der Waals surface area contributed by atoms with Crippen molar-refractivity contribution in [2.24, 2.45) is 52.5 Å². The van der Waals surface area contributed by atoms with Crippen LogP contribution in [0.2, 0.25) is 6.04 Å². The second kappa shape index (κ2) is 15.7. The summed E-state index contributed by atoms with van der Waals surface area (Å²) in [6.45, 7) is 3.65. The summed E-state index contributed by atoms with van der Waals surface area (Å²) in [5, 5.41) is 2.43. The maximum absolute atomic E-state index is 13.3. The van der Waals surface area contributed by atoms with E-state index in [0.717, 1.165) is 0 Å². The highest BCUT2D eigenvalue weighted by atomic mass is 28.2. The van der Waals surface area contributed by atoms with E-state index in [1.54, 1.807) is 0 Å². The monoisotopic (exact) mass is 524 g/mol. The molecule has 0 aliphatic heterocycles. The number of hydrogen-bond donors (Lipinski definition) is 6. The lowest BCUT2D eigenvalue weighted by Gasteiger charge is -2.38. The van der Waals surface area contributed by atoms with E-state index < -0.39 is 75.0 Å². The molecule has 200 valence electrons. The summed E-state index contributed by atoms with van der Waals surface area (Å²) in [6, 6.07) is 0.664. The van der Waals surface area contributed by atoms with Crippen molar-refractivity contribution in [2.45, 2.75) is 32.7 Å². The molecule has 0 radical (unpaired) electrons. The fourth-order valence-electron chi connectivity index (χ4n) is 3.61. The molecule has 35 heavy (non-hydrogen) atoms. The number of nitrogens with two attached hydrogens (primary N) is 5. The second-order valence-electron chi connectivity index (χ2n) is 7.08. The third kappa shape index (κ3) is 7.67. The number of nitrogens with one attached hydrogen (secondary N) is 1. The molecule has 0 spiro atoms. The van der Waals surface area contributed by atoms with Crippen LogP contribution in [0.4, 0.5) is 0 Å². The van der Waals surface area contributed by atoms with Crippen LogP contribution in [-0.2, 0) is 52.5 Å². The minimum Gasteiger partial charge on any atom is -0.424 e. The van der Waals surface area contributed by atoms with Gasteiger partial charge in [-0.2, -0.15) is 23.6 Å². The molecule has 0 rings (SSSR count). The zero-order valence-electron chi connectivity index (χ0n) is 19.4. The standard InChI is InChI=1S/C17H32N6O11Si/c1-3-17(16(29)34-22,15(28)23-6-5-7-35-30-4-2)10(14(27)33-21)8(12(25)31-19)9(11(18)24)13(26)32-20/h8-10H,3-7,19-22,35H2,1-2H3,(H2,18,24)(H,23,28)/t8?,9?,10-,17+/m1/s1. The maximum atomic E-state index is 13.3. The molecule has 2 unspecified atom stereocenters. The van der Waals surface area contributed by atoms with Gasteiger partial charge in [0.25, 0.3) is 0 Å². The van der Waals surface area contributed by atoms with E-state index in [9.17, 15) is 28.8 Å². The summed E-state index contributed by atoms with van der Waals surface area (Å²) >= 11 is 0. The first-order chi connectivity index (χ1) is 16.5. The lowest BCUT2D eigenvalue weighted by Crippen LogP contribution is -2.61. The lowest BCUT2D eigenvalue weighted by atomic mass is 9.63. The predicted molar refractivity (Wildman–Crippen MR) is 116 cm³/mol. The highest BCUT2D eigenvalue weighted by Crippen LogP contribution is 2.42. The molecule has 0 saturated heterocycles. The molecule has 18 heteroatoms. The Morgan fingerprint density at radius 1 is 0.886 bits per heavy atom. The lowest BCUT2D eigenvalue weighted by molar-refractivity contribution is -0.187. The molecule has 0 bridgehead atoms. The fourth-order valence-corrected chi connectivity index (χ4v) is 4.55. The molecule has 0 aromatic rings. The normalized spacial score (nSPS) is 15.3. The van der Waals surface area contributed by atoms with Gasteiger partial charge in [-0.1, -0.05) is 6.92 Å². The molecule has 4 atom stereocenters. The third-order valence-electron chi connectivity index (χ3n) is 5.32. The molecule has 0 aliphatic rings. The molecule has 2 amide bonds. The van der Waals surface area contributed by atoms with E-state index in [2.05, 4.69) is 24.7 Å². The Labute approximate surface area is 202 Å². The van der Waals surface area contributed by atoms with Crippen LogP contribution in [0.1, 0.15) is 26.7 Å². The second-order valence-corrected chi connectivity index (χ2v) is 8.61. The van der Waals surface area contributed by atoms with Crippen LogP contribution in [0.25, 0.3) is 0 Å². The zero-order chi connectivity index (χ0) is 27.2. The third-order valence-corrected chi connectivity index (χ3v) is 6.81. The van der Waals surface area contributed by atoms with E-state index in [-0.39, 0.29) is 6.54 Å². The van der Waals surface area contributed by atoms with Gasteiger partial charge in [-0.15, -0.1) is 0 Å². The first-order valence-corrected chi connectivity index (χ1v) is 11.9. The maximum Gasteiger partial charge on any atom is 0.341 e. The summed E-state index contributed by atoms with van der Waals surface area (Å²) in [5.41, 5.74) is 2.54. The van der Waals surface area contributed by atoms with Crippen molar-refractivity contribution in [1.29, 1.82) is 0 Å². The van der Waals surface area contributed by atoms with Crippen LogP contribution in [0, 0.1) is 23.2 Å². The van der Waals surface area contributed by atoms with E-state index in [1.165, 1.54) is 6.92 Å². The summed E-state index contributed by atoms with van der Waals surface area (Å²) in [7, 11) is -0.827. The van der Waals surface area contributed by atoms with E-state index in [0.29, 0.717) is 19.1 Å². The van der Waals surface area contributed by atoms with Crippen LogP contribution >= 0.6 is 0 Å². The molecule has 0 aromatic heterocycles. The Kier molecular flexibility index (Phi) is 14.3. The van der Waals surface area contributed by atoms with E-state index >= 15 is 0 Å². The first kappa shape index (κ1) is 31.8. The average molecular weight is 525 g/mol. The number of carbonyl (C=O) groups is 6. The molecular weight excluding hydrogens is 492 g/mol. The Hall–Kier alpha value is -3.16. The Morgan fingerprint density at radius 3 is 1.89 bits per heavy atom. The zero-order valence-corrected chi connectivity index (χ0v) is 20.8. The fraction of sp³-hybridized carbons (Fsp3) is 0.647. The molecular formula is C17H32N6O11Si. The SMILES string of the molecule is CCO[SiH2]CCCNC(=O)[C@@](CC)(C(=O)ON)[C@@H](C(=O)ON)C(C(=O)ON)C(C(N)=O)C(=O)ON. The summed E-state index contributed by atoms with van der Waals surface area (Å²) in [4.78, 5) is 92.5. The van der Waals surface area contributed by atoms with Crippen molar-refractivity contribution >= 4 is 45.5 Å². The Bertz CT molecular complexity index is 786. The molecule has 0 heterocycles. The van der Waals surface area contributed by atoms with Crippen molar-refractivity contribution < 1.29 is 52.5 Å². The van der Waals surface area contributed by atoms with Crippen molar-refractivity contribution in [3.05, 3.63) is 0 Å². The number of rotatable bonds is 16. The largest absolute Gasteiger partial charge is 0.424 e. The molecule has 0 aromatic carbocycles. The smallest absolute Gasteiger partial charge is 0.341 e. The highest BCUT2D eigenvalue weighted by molar-refractivity contribution is 6.27. The average Bonchev–Trinajstić information content (AvgIpc) is 2.85. The molecule has 0 saturated carbocycles. The van der Waals surface area contributed by atoms with Gasteiger partial charge in [0.05, 0.1) is 11.8 Å². The van der Waals surface area contributed by atoms with Crippen LogP contribution < -0.4 is 34.6 Å². The van der Waals surface area contributed by atoms with Crippen LogP contribution in [0.3, 0.4) is 0 Å². The van der Waals surface area contributed by atoms with Crippen molar-refractivity contribution in [2.75, 3.05) is 13.2 Å². The summed E-state index contributed by atoms with van der Waals surface area (Å²) in [6.07, 6.45) is -0.126. The van der Waals surface area contributed by atoms with Gasteiger partial charge >= 0.3 is 23.9 Å². The van der Waals surface area contributed by atoms with Crippen molar-refractivity contribution in [1.82, 2.24) is 5.32 Å². The predicted octanol–water partition coefficient (Wildman–Crippen LogP) is -4.57. The minimum atomic E-state index is -2.68. The van der Waals surface area contributed by atoms with Gasteiger partial charge in [-0.05, 0) is 25.8 Å². The van der Waals surface area contributed by atoms with Crippen molar-refractivity contribution in [3.8, 4) is 0 Å². The van der Waals surface area contributed by atoms with E-state index in [1.807, 2.05) is 6.92 Å². The van der Waals surface area contributed by atoms with Crippen LogP contribution in [0.5, 0.6) is 0 Å². The van der Waals surface area contributed by atoms with Gasteiger partial charge in [-0.3, -0.25) is 14.4 Å². The summed E-state index contributed by atoms with van der Waals surface area (Å²) in [5.74, 6) is 3.55. The highest BCUT2D eigenvalue weighted by Gasteiger charge is 2.63. The van der Waals surface area contributed by atoms with Gasteiger partial charge in [0.1, 0.15) is 0 Å². The number of carbonyl (C=O) groups excluding carboxylic acids is 6. The molecule has 11 N–H and O–H groups in total. The first-order valence-electron chi connectivity index (χ1n) is 10.3. The van der Waals surface area contributed by atoms with Crippen LogP contribution in [0.15, 0.2) is 0 Å². The van der Waals surface area contributed by atoms with Gasteiger partial charge in [0.2, 0.25) is 11.8 Å². The van der Waals surface area contributed by atoms with Gasteiger partial charge in [0.15, 0.2) is 21.1 Å². The van der Waals surface area contributed by atoms with Gasteiger partial charge in [0, 0.05) is 13.2 Å². The minimum absolute atomic E-state index is 0.0129. The van der Waals surface area contributed by atoms with Gasteiger partial charge in [-0.25, -0.2) is 14.4 Å². The molecule has 0 aliphatic carbocycles. The Morgan fingerprint density at radius 2 is 1.46 bits per heavy atom. The topological polar surface area (TPSA) is 291 Å². The quantitative estimate of drug-likeness (QED) is 0.0479. The number of amides is 2. The molecule has 17 nitrogen and oxygen atoms in total. The van der Waals surface area contributed by atoms with E-state index in [4.69, 9.17) is 33.7 Å². The van der Waals surface area contributed by atoms with Gasteiger partial charge < -0.3 is 34.8 Å². The number of primary amides is 1. The molecule has 0 fully saturated rings. The number of hydrogen-bond acceptors (Lipinski definition) is 15. The Balaban J connectivity index is 6.77.